The summed E-state index contributed by atoms with van der Waals surface area (Å²) in [7, 11) is 0. The van der Waals surface area contributed by atoms with Crippen LogP contribution in [0.1, 0.15) is 6.42 Å². The van der Waals surface area contributed by atoms with Gasteiger partial charge in [-0.15, -0.1) is 12.4 Å². The number of rotatable bonds is 7. The lowest BCUT2D eigenvalue weighted by atomic mass is 9.90. The molecule has 2 unspecified atom stereocenters. The minimum atomic E-state index is -1.59. The summed E-state index contributed by atoms with van der Waals surface area (Å²) >= 11 is 12.5. The number of aliphatic imine (C=N–C) groups is 1. The second-order valence-electron chi connectivity index (χ2n) is 7.28. The average Bonchev–Trinajstić information content (AvgIpc) is 3.30. The summed E-state index contributed by atoms with van der Waals surface area (Å²) < 4.78 is 0. The highest BCUT2D eigenvalue weighted by Gasteiger charge is 2.48. The molecular weight excluding hydrogens is 505 g/mol. The van der Waals surface area contributed by atoms with Crippen molar-refractivity contribution in [1.82, 2.24) is 19.9 Å². The van der Waals surface area contributed by atoms with Gasteiger partial charge in [-0.05, 0) is 30.4 Å². The molecular formula is C20H20Cl3N9O2. The number of nitrogens with zero attached hydrogens (tertiary/aromatic N) is 5. The maximum Gasteiger partial charge on any atom is 0.277 e. The van der Waals surface area contributed by atoms with Crippen molar-refractivity contribution in [3.63, 3.8) is 0 Å². The van der Waals surface area contributed by atoms with E-state index in [0.29, 0.717) is 32.7 Å². The lowest BCUT2D eigenvalue weighted by molar-refractivity contribution is -0.559. The monoisotopic (exact) mass is 523 g/mol. The first kappa shape index (κ1) is 25.4. The van der Waals surface area contributed by atoms with E-state index in [2.05, 4.69) is 30.2 Å². The number of aromatic amines is 1. The number of anilines is 1. The summed E-state index contributed by atoms with van der Waals surface area (Å²) in [6.45, 7) is 0.155. The standard InChI is InChI=1S/C20H19Cl2N9O2.ClH/c21-11-1-2-12(14(22)9-11)16-13(17-25-7-8-26-17)10-28-19(30-16)27-6-5-20(31(32)33)4-3-15(23)29-18(20)24;/h1-4,7-10,18H,5-6,24H2,(H2,23,29)(H,25,26)(H,27,28,30);1H. The van der Waals surface area contributed by atoms with Gasteiger partial charge in [0, 0.05) is 47.1 Å². The number of imidazole rings is 1. The van der Waals surface area contributed by atoms with Crippen LogP contribution < -0.4 is 16.8 Å². The lowest BCUT2D eigenvalue weighted by Gasteiger charge is -2.28. The van der Waals surface area contributed by atoms with Crippen LogP contribution in [0.4, 0.5) is 5.95 Å². The number of amidine groups is 1. The van der Waals surface area contributed by atoms with Crippen molar-refractivity contribution < 1.29 is 4.92 Å². The maximum absolute atomic E-state index is 11.8. The van der Waals surface area contributed by atoms with E-state index in [-0.39, 0.29) is 37.2 Å². The zero-order chi connectivity index (χ0) is 23.6. The third kappa shape index (κ3) is 4.97. The Morgan fingerprint density at radius 3 is 2.71 bits per heavy atom. The lowest BCUT2D eigenvalue weighted by Crippen LogP contribution is -2.54. The van der Waals surface area contributed by atoms with Crippen molar-refractivity contribution in [2.75, 3.05) is 11.9 Å². The molecule has 2 atom stereocenters. The van der Waals surface area contributed by atoms with Gasteiger partial charge in [0.25, 0.3) is 5.54 Å². The number of benzene rings is 1. The van der Waals surface area contributed by atoms with Crippen LogP contribution >= 0.6 is 35.6 Å². The Morgan fingerprint density at radius 2 is 2.06 bits per heavy atom. The van der Waals surface area contributed by atoms with Crippen LogP contribution in [-0.2, 0) is 0 Å². The van der Waals surface area contributed by atoms with Crippen LogP contribution in [0.5, 0.6) is 0 Å². The first-order valence-corrected chi connectivity index (χ1v) is 10.5. The number of dihydropyridines is 1. The molecule has 4 rings (SSSR count). The third-order valence-corrected chi connectivity index (χ3v) is 5.77. The van der Waals surface area contributed by atoms with Gasteiger partial charge < -0.3 is 21.8 Å². The summed E-state index contributed by atoms with van der Waals surface area (Å²) in [5.74, 6) is 0.958. The Labute approximate surface area is 210 Å². The number of halogens is 3. The molecule has 3 aromatic rings. The predicted molar refractivity (Wildman–Crippen MR) is 134 cm³/mol. The highest BCUT2D eigenvalue weighted by molar-refractivity contribution is 6.36. The molecule has 0 saturated heterocycles. The molecule has 0 aliphatic carbocycles. The Bertz CT molecular complexity index is 1250. The zero-order valence-corrected chi connectivity index (χ0v) is 19.8. The zero-order valence-electron chi connectivity index (χ0n) is 17.5. The number of aromatic nitrogens is 4. The Hall–Kier alpha value is -3.25. The van der Waals surface area contributed by atoms with E-state index in [9.17, 15) is 10.1 Å². The summed E-state index contributed by atoms with van der Waals surface area (Å²) in [6, 6.07) is 5.07. The van der Waals surface area contributed by atoms with E-state index in [0.717, 1.165) is 0 Å². The van der Waals surface area contributed by atoms with Gasteiger partial charge in [-0.25, -0.2) is 19.9 Å². The van der Waals surface area contributed by atoms with E-state index in [1.807, 2.05) is 0 Å². The number of nitrogens with two attached hydrogens (primary N) is 2. The van der Waals surface area contributed by atoms with Gasteiger partial charge in [-0.2, -0.15) is 0 Å². The molecule has 2 aromatic heterocycles. The fraction of sp³-hybridized carbons (Fsp3) is 0.200. The van der Waals surface area contributed by atoms with Gasteiger partial charge in [-0.1, -0.05) is 23.2 Å². The molecule has 1 aliphatic rings. The van der Waals surface area contributed by atoms with E-state index in [1.165, 1.54) is 12.2 Å². The SMILES string of the molecule is Cl.NC1=NC(N)C(CCNc2ncc(-c3ncc[nH]3)c(-c3ccc(Cl)cc3Cl)n2)([N+](=O)[O-])C=C1. The maximum atomic E-state index is 11.8. The number of nitrogens with one attached hydrogen (secondary N) is 2. The van der Waals surface area contributed by atoms with Crippen molar-refractivity contribution in [2.24, 2.45) is 16.5 Å². The first-order valence-electron chi connectivity index (χ1n) is 9.79. The van der Waals surface area contributed by atoms with Crippen molar-refractivity contribution in [3.05, 3.63) is 69.1 Å². The summed E-state index contributed by atoms with van der Waals surface area (Å²) in [5.41, 5.74) is 11.7. The minimum Gasteiger partial charge on any atom is -0.384 e. The second kappa shape index (κ2) is 10.3. The second-order valence-corrected chi connectivity index (χ2v) is 8.12. The van der Waals surface area contributed by atoms with E-state index < -0.39 is 16.6 Å². The number of H-pyrrole nitrogens is 1. The first-order chi connectivity index (χ1) is 15.8. The van der Waals surface area contributed by atoms with Crippen LogP contribution in [0.15, 0.2) is 53.9 Å². The van der Waals surface area contributed by atoms with Gasteiger partial charge >= 0.3 is 0 Å². The molecule has 178 valence electrons. The predicted octanol–water partition coefficient (Wildman–Crippen LogP) is 3.29. The molecule has 0 saturated carbocycles. The fourth-order valence-corrected chi connectivity index (χ4v) is 3.95. The van der Waals surface area contributed by atoms with Crippen LogP contribution in [0.25, 0.3) is 22.6 Å². The number of hydrogen-bond acceptors (Lipinski definition) is 9. The fourth-order valence-electron chi connectivity index (χ4n) is 3.45. The van der Waals surface area contributed by atoms with E-state index in [1.54, 1.807) is 36.8 Å². The molecule has 0 fully saturated rings. The molecule has 0 bridgehead atoms. The van der Waals surface area contributed by atoms with Crippen molar-refractivity contribution in [2.45, 2.75) is 18.1 Å². The molecule has 34 heavy (non-hydrogen) atoms. The smallest absolute Gasteiger partial charge is 0.277 e. The van der Waals surface area contributed by atoms with Gasteiger partial charge in [0.05, 0.1) is 16.3 Å². The minimum absolute atomic E-state index is 0. The number of nitro groups is 1. The molecule has 6 N–H and O–H groups in total. The largest absolute Gasteiger partial charge is 0.384 e. The molecule has 11 nitrogen and oxygen atoms in total. The molecule has 3 heterocycles. The van der Waals surface area contributed by atoms with E-state index in [4.69, 9.17) is 34.7 Å². The third-order valence-electron chi connectivity index (χ3n) is 5.22. The number of hydrogen-bond donors (Lipinski definition) is 4. The van der Waals surface area contributed by atoms with Crippen molar-refractivity contribution >= 4 is 47.4 Å². The van der Waals surface area contributed by atoms with Crippen molar-refractivity contribution in [1.29, 1.82) is 0 Å². The van der Waals surface area contributed by atoms with Crippen molar-refractivity contribution in [3.8, 4) is 22.6 Å². The molecule has 1 aromatic carbocycles. The molecule has 0 spiro atoms. The quantitative estimate of drug-likeness (QED) is 0.269. The van der Waals surface area contributed by atoms with Crippen LogP contribution in [0.3, 0.4) is 0 Å². The molecule has 1 aliphatic heterocycles. The van der Waals surface area contributed by atoms with Gasteiger partial charge in [0.1, 0.15) is 11.7 Å². The van der Waals surface area contributed by atoms with E-state index >= 15 is 0 Å². The van der Waals surface area contributed by atoms with Gasteiger partial charge in [-0.3, -0.25) is 10.1 Å². The highest BCUT2D eigenvalue weighted by Crippen LogP contribution is 2.35. The average molecular weight is 525 g/mol. The summed E-state index contributed by atoms with van der Waals surface area (Å²) in [6.07, 6.45) is 6.58. The molecule has 0 radical (unpaired) electrons. The Balaban J connectivity index is 0.00000324. The van der Waals surface area contributed by atoms with Gasteiger partial charge in [0.2, 0.25) is 5.95 Å². The summed E-state index contributed by atoms with van der Waals surface area (Å²) in [5, 5.41) is 15.7. The Kier molecular flexibility index (Phi) is 7.72. The van der Waals surface area contributed by atoms with Crippen LogP contribution in [-0.4, -0.2) is 48.9 Å². The normalized spacial score (nSPS) is 19.3. The van der Waals surface area contributed by atoms with Crippen LogP contribution in [0.2, 0.25) is 10.0 Å². The topological polar surface area (TPSA) is 174 Å². The Morgan fingerprint density at radius 1 is 1.26 bits per heavy atom. The highest BCUT2D eigenvalue weighted by atomic mass is 35.5. The van der Waals surface area contributed by atoms with Crippen LogP contribution in [0, 0.1) is 10.1 Å². The molecule has 0 amide bonds. The summed E-state index contributed by atoms with van der Waals surface area (Å²) in [4.78, 5) is 31.5. The van der Waals surface area contributed by atoms with Gasteiger partial charge in [0.15, 0.2) is 6.17 Å². The molecule has 14 heteroatoms.